The van der Waals surface area contributed by atoms with Crippen molar-refractivity contribution in [1.82, 2.24) is 9.55 Å². The second-order valence-corrected chi connectivity index (χ2v) is 5.98. The standard InChI is InChI=1S/C12H13ClN2S/c13-12-6-5-9(16-12)7-15-8-14-10-3-1-2-4-11(10)15/h5-6,8H,1-4,7H2. The van der Waals surface area contributed by atoms with Crippen molar-refractivity contribution < 1.29 is 0 Å². The molecule has 0 spiro atoms. The van der Waals surface area contributed by atoms with E-state index < -0.39 is 0 Å². The van der Waals surface area contributed by atoms with E-state index in [0.717, 1.165) is 17.3 Å². The zero-order chi connectivity index (χ0) is 11.0. The van der Waals surface area contributed by atoms with Gasteiger partial charge >= 0.3 is 0 Å². The molecule has 0 saturated carbocycles. The number of aryl methyl sites for hydroxylation is 1. The van der Waals surface area contributed by atoms with Crippen LogP contribution in [-0.4, -0.2) is 9.55 Å². The Kier molecular flexibility index (Phi) is 2.74. The molecule has 2 heterocycles. The lowest BCUT2D eigenvalue weighted by Crippen LogP contribution is -2.08. The number of hydrogen-bond donors (Lipinski definition) is 0. The number of rotatable bonds is 2. The molecule has 3 rings (SSSR count). The minimum Gasteiger partial charge on any atom is -0.329 e. The second-order valence-electron chi connectivity index (χ2n) is 4.18. The third-order valence-corrected chi connectivity index (χ3v) is 4.28. The van der Waals surface area contributed by atoms with E-state index in [2.05, 4.69) is 15.6 Å². The van der Waals surface area contributed by atoms with Crippen molar-refractivity contribution in [2.75, 3.05) is 0 Å². The van der Waals surface area contributed by atoms with Gasteiger partial charge in [-0.25, -0.2) is 4.98 Å². The second kappa shape index (κ2) is 4.22. The van der Waals surface area contributed by atoms with Crippen LogP contribution in [-0.2, 0) is 19.4 Å². The Morgan fingerprint density at radius 1 is 1.31 bits per heavy atom. The van der Waals surface area contributed by atoms with Crippen LogP contribution in [0.2, 0.25) is 4.34 Å². The Bertz CT molecular complexity index is 501. The van der Waals surface area contributed by atoms with E-state index in [1.807, 2.05) is 12.4 Å². The first kappa shape index (κ1) is 10.4. The molecule has 84 valence electrons. The van der Waals surface area contributed by atoms with Crippen LogP contribution in [0, 0.1) is 0 Å². The predicted molar refractivity (Wildman–Crippen MR) is 67.3 cm³/mol. The normalized spacial score (nSPS) is 15.1. The van der Waals surface area contributed by atoms with Crippen LogP contribution >= 0.6 is 22.9 Å². The van der Waals surface area contributed by atoms with Crippen LogP contribution < -0.4 is 0 Å². The highest BCUT2D eigenvalue weighted by Gasteiger charge is 2.15. The minimum absolute atomic E-state index is 0.865. The van der Waals surface area contributed by atoms with Crippen LogP contribution in [0.1, 0.15) is 29.1 Å². The molecule has 16 heavy (non-hydrogen) atoms. The van der Waals surface area contributed by atoms with Gasteiger partial charge in [0.15, 0.2) is 0 Å². The number of fused-ring (bicyclic) bond motifs is 1. The number of halogens is 1. The lowest BCUT2D eigenvalue weighted by atomic mass is 10.0. The number of imidazole rings is 1. The zero-order valence-corrected chi connectivity index (χ0v) is 10.5. The molecule has 0 radical (unpaired) electrons. The SMILES string of the molecule is Clc1ccc(Cn2cnc3c2CCCC3)s1. The number of aromatic nitrogens is 2. The Morgan fingerprint density at radius 2 is 2.19 bits per heavy atom. The van der Waals surface area contributed by atoms with Gasteiger partial charge in [-0.15, -0.1) is 11.3 Å². The Labute approximate surface area is 104 Å². The maximum Gasteiger partial charge on any atom is 0.0955 e. The summed E-state index contributed by atoms with van der Waals surface area (Å²) in [5, 5.41) is 0. The van der Waals surface area contributed by atoms with Crippen molar-refractivity contribution in [3.05, 3.63) is 39.1 Å². The van der Waals surface area contributed by atoms with Gasteiger partial charge in [-0.3, -0.25) is 0 Å². The molecular weight excluding hydrogens is 240 g/mol. The van der Waals surface area contributed by atoms with Gasteiger partial charge in [-0.1, -0.05) is 11.6 Å². The van der Waals surface area contributed by atoms with Crippen LogP contribution in [0.5, 0.6) is 0 Å². The highest BCUT2D eigenvalue weighted by molar-refractivity contribution is 7.16. The lowest BCUT2D eigenvalue weighted by Gasteiger charge is -2.13. The summed E-state index contributed by atoms with van der Waals surface area (Å²) in [6.07, 6.45) is 6.88. The van der Waals surface area contributed by atoms with E-state index in [0.29, 0.717) is 0 Å². The topological polar surface area (TPSA) is 17.8 Å². The van der Waals surface area contributed by atoms with Crippen molar-refractivity contribution in [3.8, 4) is 0 Å². The largest absolute Gasteiger partial charge is 0.329 e. The van der Waals surface area contributed by atoms with E-state index in [1.54, 1.807) is 11.3 Å². The molecule has 0 saturated heterocycles. The summed E-state index contributed by atoms with van der Waals surface area (Å²) in [5.74, 6) is 0. The summed E-state index contributed by atoms with van der Waals surface area (Å²) in [4.78, 5) is 5.80. The molecule has 0 bridgehead atoms. The fourth-order valence-electron chi connectivity index (χ4n) is 2.27. The van der Waals surface area contributed by atoms with Crippen LogP contribution in [0.25, 0.3) is 0 Å². The molecule has 4 heteroatoms. The Balaban J connectivity index is 1.87. The summed E-state index contributed by atoms with van der Waals surface area (Å²) < 4.78 is 3.14. The molecule has 0 aromatic carbocycles. The quantitative estimate of drug-likeness (QED) is 0.800. The first-order chi connectivity index (χ1) is 7.83. The smallest absolute Gasteiger partial charge is 0.0955 e. The molecule has 0 amide bonds. The van der Waals surface area contributed by atoms with E-state index in [4.69, 9.17) is 11.6 Å². The van der Waals surface area contributed by atoms with Crippen LogP contribution in [0.3, 0.4) is 0 Å². The van der Waals surface area contributed by atoms with Crippen molar-refractivity contribution >= 4 is 22.9 Å². The molecule has 0 unspecified atom stereocenters. The van der Waals surface area contributed by atoms with Gasteiger partial charge in [0.05, 0.1) is 22.9 Å². The van der Waals surface area contributed by atoms with Crippen LogP contribution in [0.4, 0.5) is 0 Å². The predicted octanol–water partition coefficient (Wildman–Crippen LogP) is 3.53. The number of hydrogen-bond acceptors (Lipinski definition) is 2. The maximum atomic E-state index is 5.94. The molecule has 0 N–H and O–H groups in total. The van der Waals surface area contributed by atoms with Gasteiger partial charge < -0.3 is 4.57 Å². The van der Waals surface area contributed by atoms with E-state index in [9.17, 15) is 0 Å². The average molecular weight is 253 g/mol. The van der Waals surface area contributed by atoms with Crippen molar-refractivity contribution in [1.29, 1.82) is 0 Å². The average Bonchev–Trinajstić information content (AvgIpc) is 2.87. The number of thiophene rings is 1. The highest BCUT2D eigenvalue weighted by atomic mass is 35.5. The monoisotopic (exact) mass is 252 g/mol. The van der Waals surface area contributed by atoms with Crippen molar-refractivity contribution in [2.45, 2.75) is 32.2 Å². The minimum atomic E-state index is 0.865. The molecule has 1 aliphatic carbocycles. The maximum absolute atomic E-state index is 5.94. The van der Waals surface area contributed by atoms with Crippen molar-refractivity contribution in [3.63, 3.8) is 0 Å². The number of nitrogens with zero attached hydrogens (tertiary/aromatic N) is 2. The molecular formula is C12H13ClN2S. The van der Waals surface area contributed by atoms with Gasteiger partial charge in [-0.2, -0.15) is 0 Å². The Morgan fingerprint density at radius 3 is 3.00 bits per heavy atom. The fraction of sp³-hybridized carbons (Fsp3) is 0.417. The summed E-state index contributed by atoms with van der Waals surface area (Å²) in [5.41, 5.74) is 2.73. The first-order valence-electron chi connectivity index (χ1n) is 5.60. The molecule has 0 atom stereocenters. The lowest BCUT2D eigenvalue weighted by molar-refractivity contribution is 0.630. The summed E-state index contributed by atoms with van der Waals surface area (Å²) >= 11 is 7.59. The summed E-state index contributed by atoms with van der Waals surface area (Å²) in [7, 11) is 0. The molecule has 0 aliphatic heterocycles. The van der Waals surface area contributed by atoms with E-state index >= 15 is 0 Å². The van der Waals surface area contributed by atoms with Gasteiger partial charge in [0.25, 0.3) is 0 Å². The molecule has 2 nitrogen and oxygen atoms in total. The Hall–Kier alpha value is -0.800. The summed E-state index contributed by atoms with van der Waals surface area (Å²) in [6.45, 7) is 0.916. The van der Waals surface area contributed by atoms with Gasteiger partial charge in [0.2, 0.25) is 0 Å². The van der Waals surface area contributed by atoms with Crippen LogP contribution in [0.15, 0.2) is 18.5 Å². The van der Waals surface area contributed by atoms with Gasteiger partial charge in [-0.05, 0) is 37.8 Å². The van der Waals surface area contributed by atoms with Gasteiger partial charge in [0, 0.05) is 10.6 Å². The first-order valence-corrected chi connectivity index (χ1v) is 6.79. The van der Waals surface area contributed by atoms with Gasteiger partial charge in [0.1, 0.15) is 0 Å². The molecule has 0 fully saturated rings. The van der Waals surface area contributed by atoms with E-state index in [1.165, 1.54) is 35.5 Å². The fourth-order valence-corrected chi connectivity index (χ4v) is 3.36. The third-order valence-electron chi connectivity index (χ3n) is 3.06. The molecule has 1 aliphatic rings. The zero-order valence-electron chi connectivity index (χ0n) is 8.95. The van der Waals surface area contributed by atoms with E-state index in [-0.39, 0.29) is 0 Å². The highest BCUT2D eigenvalue weighted by Crippen LogP contribution is 2.25. The molecule has 2 aromatic rings. The summed E-state index contributed by atoms with van der Waals surface area (Å²) in [6, 6.07) is 4.06. The molecule has 2 aromatic heterocycles. The third kappa shape index (κ3) is 1.89. The van der Waals surface area contributed by atoms with Crippen molar-refractivity contribution in [2.24, 2.45) is 0 Å².